The number of esters is 1. The van der Waals surface area contributed by atoms with Gasteiger partial charge in [0.1, 0.15) is 10.5 Å². The van der Waals surface area contributed by atoms with Crippen molar-refractivity contribution in [3.63, 3.8) is 0 Å². The molecule has 6 nitrogen and oxygen atoms in total. The van der Waals surface area contributed by atoms with Gasteiger partial charge in [0.15, 0.2) is 0 Å². The molecule has 136 valence electrons. The SMILES string of the molecule is CCOC(=O)c1c(S(=O)(=O)Nc2cccc(C)c2C)c(C)n(C)c1C. The lowest BCUT2D eigenvalue weighted by Crippen LogP contribution is -2.18. The number of aromatic nitrogens is 1. The highest BCUT2D eigenvalue weighted by Crippen LogP contribution is 2.30. The van der Waals surface area contributed by atoms with Crippen LogP contribution in [0, 0.1) is 27.7 Å². The fourth-order valence-electron chi connectivity index (χ4n) is 2.75. The highest BCUT2D eigenvalue weighted by Gasteiger charge is 2.31. The quantitative estimate of drug-likeness (QED) is 0.826. The number of ether oxygens (including phenoxy) is 1. The van der Waals surface area contributed by atoms with E-state index in [2.05, 4.69) is 4.72 Å². The van der Waals surface area contributed by atoms with Gasteiger partial charge in [0, 0.05) is 18.4 Å². The third-order valence-corrected chi connectivity index (χ3v) is 6.05. The predicted octanol–water partition coefficient (Wildman–Crippen LogP) is 3.24. The molecule has 0 unspecified atom stereocenters. The molecule has 1 heterocycles. The molecule has 25 heavy (non-hydrogen) atoms. The topological polar surface area (TPSA) is 77.4 Å². The molecule has 1 N–H and O–H groups in total. The minimum Gasteiger partial charge on any atom is -0.462 e. The van der Waals surface area contributed by atoms with Gasteiger partial charge in [-0.15, -0.1) is 0 Å². The Kier molecular flexibility index (Phi) is 5.27. The number of sulfonamides is 1. The highest BCUT2D eigenvalue weighted by atomic mass is 32.2. The lowest BCUT2D eigenvalue weighted by Gasteiger charge is -2.13. The van der Waals surface area contributed by atoms with Gasteiger partial charge >= 0.3 is 5.97 Å². The summed E-state index contributed by atoms with van der Waals surface area (Å²) < 4.78 is 35.5. The Morgan fingerprint density at radius 1 is 1.16 bits per heavy atom. The first-order chi connectivity index (χ1) is 11.6. The van der Waals surface area contributed by atoms with Gasteiger partial charge in [-0.25, -0.2) is 13.2 Å². The first kappa shape index (κ1) is 19.1. The van der Waals surface area contributed by atoms with Crippen LogP contribution in [-0.2, 0) is 21.8 Å². The summed E-state index contributed by atoms with van der Waals surface area (Å²) in [6.45, 7) is 9.00. The molecular weight excluding hydrogens is 340 g/mol. The Hall–Kier alpha value is -2.28. The molecule has 2 aromatic rings. The van der Waals surface area contributed by atoms with Crippen LogP contribution >= 0.6 is 0 Å². The standard InChI is InChI=1S/C18H24N2O4S/c1-7-24-18(21)16-13(4)20(6)14(5)17(16)25(22,23)19-15-10-8-9-11(2)12(15)3/h8-10,19H,7H2,1-6H3. The monoisotopic (exact) mass is 364 g/mol. The number of nitrogens with one attached hydrogen (secondary N) is 1. The van der Waals surface area contributed by atoms with Crippen molar-refractivity contribution >= 4 is 21.7 Å². The Morgan fingerprint density at radius 2 is 1.80 bits per heavy atom. The number of carbonyl (C=O) groups excluding carboxylic acids is 1. The summed E-state index contributed by atoms with van der Waals surface area (Å²) in [4.78, 5) is 12.3. The molecule has 2 rings (SSSR count). The van der Waals surface area contributed by atoms with E-state index in [1.165, 1.54) is 0 Å². The lowest BCUT2D eigenvalue weighted by molar-refractivity contribution is 0.0521. The molecule has 7 heteroatoms. The van der Waals surface area contributed by atoms with Gasteiger partial charge in [-0.1, -0.05) is 12.1 Å². The molecular formula is C18H24N2O4S. The van der Waals surface area contributed by atoms with E-state index in [0.29, 0.717) is 17.1 Å². The van der Waals surface area contributed by atoms with E-state index in [1.54, 1.807) is 44.5 Å². The first-order valence-corrected chi connectivity index (χ1v) is 9.52. The highest BCUT2D eigenvalue weighted by molar-refractivity contribution is 7.92. The molecule has 0 bridgehead atoms. The number of aryl methyl sites for hydroxylation is 1. The smallest absolute Gasteiger partial charge is 0.341 e. The second kappa shape index (κ2) is 6.92. The van der Waals surface area contributed by atoms with Crippen molar-refractivity contribution in [3.05, 3.63) is 46.3 Å². The maximum Gasteiger partial charge on any atom is 0.341 e. The van der Waals surface area contributed by atoms with Crippen molar-refractivity contribution in [3.8, 4) is 0 Å². The van der Waals surface area contributed by atoms with Crippen LogP contribution in [-0.4, -0.2) is 25.6 Å². The van der Waals surface area contributed by atoms with Crippen LogP contribution in [0.5, 0.6) is 0 Å². The van der Waals surface area contributed by atoms with Crippen LogP contribution in [0.4, 0.5) is 5.69 Å². The molecule has 0 radical (unpaired) electrons. The normalized spacial score (nSPS) is 11.4. The summed E-state index contributed by atoms with van der Waals surface area (Å²) in [5, 5.41) is 0. The number of rotatable bonds is 5. The van der Waals surface area contributed by atoms with Gasteiger partial charge in [0.2, 0.25) is 0 Å². The van der Waals surface area contributed by atoms with Gasteiger partial charge in [-0.2, -0.15) is 0 Å². The minimum atomic E-state index is -3.95. The van der Waals surface area contributed by atoms with Crippen molar-refractivity contribution in [1.82, 2.24) is 4.57 Å². The zero-order valence-electron chi connectivity index (χ0n) is 15.4. The van der Waals surface area contributed by atoms with Crippen LogP contribution in [0.25, 0.3) is 0 Å². The number of nitrogens with zero attached hydrogens (tertiary/aromatic N) is 1. The fourth-order valence-corrected chi connectivity index (χ4v) is 4.39. The molecule has 0 atom stereocenters. The van der Waals surface area contributed by atoms with Crippen molar-refractivity contribution in [2.24, 2.45) is 7.05 Å². The molecule has 0 aliphatic heterocycles. The molecule has 1 aromatic carbocycles. The van der Waals surface area contributed by atoms with E-state index in [4.69, 9.17) is 4.74 Å². The summed E-state index contributed by atoms with van der Waals surface area (Å²) in [6.07, 6.45) is 0. The van der Waals surface area contributed by atoms with Gasteiger partial charge < -0.3 is 9.30 Å². The number of hydrogen-bond donors (Lipinski definition) is 1. The van der Waals surface area contributed by atoms with Crippen LogP contribution in [0.3, 0.4) is 0 Å². The lowest BCUT2D eigenvalue weighted by atomic mass is 10.1. The third-order valence-electron chi connectivity index (χ3n) is 4.52. The van der Waals surface area contributed by atoms with Crippen LogP contribution in [0.1, 0.15) is 39.8 Å². The Bertz CT molecular complexity index is 927. The van der Waals surface area contributed by atoms with E-state index in [1.807, 2.05) is 19.9 Å². The molecule has 1 aromatic heterocycles. The Morgan fingerprint density at radius 3 is 2.40 bits per heavy atom. The maximum absolute atomic E-state index is 13.0. The molecule has 0 saturated heterocycles. The predicted molar refractivity (Wildman–Crippen MR) is 97.6 cm³/mol. The summed E-state index contributed by atoms with van der Waals surface area (Å²) in [7, 11) is -2.22. The Labute approximate surface area is 148 Å². The van der Waals surface area contributed by atoms with Crippen molar-refractivity contribution in [2.75, 3.05) is 11.3 Å². The molecule has 0 aliphatic rings. The Balaban J connectivity index is 2.62. The van der Waals surface area contributed by atoms with E-state index in [-0.39, 0.29) is 17.1 Å². The molecule has 0 fully saturated rings. The molecule has 0 saturated carbocycles. The van der Waals surface area contributed by atoms with E-state index < -0.39 is 16.0 Å². The van der Waals surface area contributed by atoms with E-state index >= 15 is 0 Å². The third kappa shape index (κ3) is 3.42. The van der Waals surface area contributed by atoms with Crippen LogP contribution in [0.2, 0.25) is 0 Å². The van der Waals surface area contributed by atoms with Gasteiger partial charge in [0.25, 0.3) is 10.0 Å². The average Bonchev–Trinajstić information content (AvgIpc) is 2.77. The summed E-state index contributed by atoms with van der Waals surface area (Å²) in [5.41, 5.74) is 3.44. The van der Waals surface area contributed by atoms with Crippen molar-refractivity contribution < 1.29 is 17.9 Å². The van der Waals surface area contributed by atoms with E-state index in [0.717, 1.165) is 11.1 Å². The summed E-state index contributed by atoms with van der Waals surface area (Å²) >= 11 is 0. The van der Waals surface area contributed by atoms with Crippen LogP contribution < -0.4 is 4.72 Å². The van der Waals surface area contributed by atoms with Gasteiger partial charge in [0.05, 0.1) is 12.3 Å². The molecule has 0 spiro atoms. The zero-order valence-corrected chi connectivity index (χ0v) is 16.2. The summed E-state index contributed by atoms with van der Waals surface area (Å²) in [5.74, 6) is -0.634. The summed E-state index contributed by atoms with van der Waals surface area (Å²) in [6, 6.07) is 5.40. The maximum atomic E-state index is 13.0. The first-order valence-electron chi connectivity index (χ1n) is 8.03. The van der Waals surface area contributed by atoms with Gasteiger partial charge in [-0.05, 0) is 51.8 Å². The van der Waals surface area contributed by atoms with E-state index in [9.17, 15) is 13.2 Å². The van der Waals surface area contributed by atoms with Crippen LogP contribution in [0.15, 0.2) is 23.1 Å². The second-order valence-corrected chi connectivity index (χ2v) is 7.63. The number of carbonyl (C=O) groups is 1. The fraction of sp³-hybridized carbons (Fsp3) is 0.389. The molecule has 0 aliphatic carbocycles. The van der Waals surface area contributed by atoms with Crippen molar-refractivity contribution in [1.29, 1.82) is 0 Å². The second-order valence-electron chi connectivity index (χ2n) is 6.01. The zero-order chi connectivity index (χ0) is 18.9. The molecule has 0 amide bonds. The largest absolute Gasteiger partial charge is 0.462 e. The average molecular weight is 364 g/mol. The number of anilines is 1. The number of hydrogen-bond acceptors (Lipinski definition) is 4. The van der Waals surface area contributed by atoms with Crippen molar-refractivity contribution in [2.45, 2.75) is 39.5 Å². The van der Waals surface area contributed by atoms with Gasteiger partial charge in [-0.3, -0.25) is 4.72 Å². The number of benzene rings is 1. The minimum absolute atomic E-state index is 0.0353.